The number of piperidine rings is 1. The molecule has 2 heterocycles. The average Bonchev–Trinajstić information content (AvgIpc) is 2.19. The first kappa shape index (κ1) is 9.93. The molecule has 0 saturated carbocycles. The van der Waals surface area contributed by atoms with Crippen LogP contribution in [0.25, 0.3) is 0 Å². The van der Waals surface area contributed by atoms with Crippen LogP contribution in [0.4, 0.5) is 0 Å². The number of carbonyl (C=O) groups excluding carboxylic acids is 1. The van der Waals surface area contributed by atoms with Gasteiger partial charge in [-0.05, 0) is 26.4 Å². The lowest BCUT2D eigenvalue weighted by Crippen LogP contribution is -2.56. The van der Waals surface area contributed by atoms with Crippen molar-refractivity contribution < 1.29 is 4.79 Å². The number of hydrogen-bond acceptors (Lipinski definition) is 3. The second-order valence-electron chi connectivity index (χ2n) is 4.33. The van der Waals surface area contributed by atoms with Crippen LogP contribution in [0.3, 0.4) is 0 Å². The Balaban J connectivity index is 1.92. The van der Waals surface area contributed by atoms with E-state index in [2.05, 4.69) is 15.1 Å². The van der Waals surface area contributed by atoms with E-state index in [1.807, 2.05) is 7.05 Å². The van der Waals surface area contributed by atoms with Gasteiger partial charge in [-0.3, -0.25) is 9.69 Å². The monoisotopic (exact) mass is 197 g/mol. The molecule has 0 spiro atoms. The Morgan fingerprint density at radius 2 is 2.29 bits per heavy atom. The molecule has 2 fully saturated rings. The minimum Gasteiger partial charge on any atom is -0.336 e. The van der Waals surface area contributed by atoms with Crippen LogP contribution >= 0.6 is 0 Å². The van der Waals surface area contributed by atoms with E-state index in [0.29, 0.717) is 18.5 Å². The number of carbonyl (C=O) groups is 1. The van der Waals surface area contributed by atoms with Crippen LogP contribution in [0.1, 0.15) is 12.8 Å². The predicted molar refractivity (Wildman–Crippen MR) is 55.1 cm³/mol. The molecular formula is C10H19N3O. The van der Waals surface area contributed by atoms with E-state index in [1.165, 1.54) is 12.8 Å². The zero-order valence-electron chi connectivity index (χ0n) is 8.83. The standard InChI is InChI=1S/C10H19N3O/c1-12-5-6-13(10(14)8-12)9-3-2-4-11-7-9/h9,11H,2-8H2,1H3. The van der Waals surface area contributed by atoms with Gasteiger partial charge in [0.1, 0.15) is 0 Å². The van der Waals surface area contributed by atoms with Crippen molar-refractivity contribution in [2.75, 3.05) is 39.8 Å². The number of nitrogens with zero attached hydrogens (tertiary/aromatic N) is 2. The molecule has 0 aliphatic carbocycles. The van der Waals surface area contributed by atoms with E-state index < -0.39 is 0 Å². The minimum atomic E-state index is 0.299. The molecule has 80 valence electrons. The van der Waals surface area contributed by atoms with Crippen molar-refractivity contribution >= 4 is 5.91 Å². The van der Waals surface area contributed by atoms with Crippen molar-refractivity contribution in [3.63, 3.8) is 0 Å². The third-order valence-corrected chi connectivity index (χ3v) is 3.16. The molecule has 4 nitrogen and oxygen atoms in total. The Morgan fingerprint density at radius 1 is 1.43 bits per heavy atom. The van der Waals surface area contributed by atoms with Crippen LogP contribution in [0.15, 0.2) is 0 Å². The summed E-state index contributed by atoms with van der Waals surface area (Å²) in [5, 5.41) is 3.36. The molecule has 2 aliphatic rings. The second-order valence-corrected chi connectivity index (χ2v) is 4.33. The molecule has 2 saturated heterocycles. The molecular weight excluding hydrogens is 178 g/mol. The summed E-state index contributed by atoms with van der Waals surface area (Å²) in [5.41, 5.74) is 0. The summed E-state index contributed by atoms with van der Waals surface area (Å²) in [4.78, 5) is 15.9. The van der Waals surface area contributed by atoms with Crippen molar-refractivity contribution in [2.45, 2.75) is 18.9 Å². The van der Waals surface area contributed by atoms with Crippen molar-refractivity contribution in [1.82, 2.24) is 15.1 Å². The fraction of sp³-hybridized carbons (Fsp3) is 0.900. The van der Waals surface area contributed by atoms with Crippen LogP contribution in [-0.2, 0) is 4.79 Å². The summed E-state index contributed by atoms with van der Waals surface area (Å²) in [7, 11) is 2.01. The van der Waals surface area contributed by atoms with E-state index in [4.69, 9.17) is 0 Å². The molecule has 2 rings (SSSR count). The normalized spacial score (nSPS) is 30.8. The van der Waals surface area contributed by atoms with Gasteiger partial charge in [0.15, 0.2) is 0 Å². The third-order valence-electron chi connectivity index (χ3n) is 3.16. The smallest absolute Gasteiger partial charge is 0.237 e. The van der Waals surface area contributed by atoms with Crippen molar-refractivity contribution in [3.05, 3.63) is 0 Å². The molecule has 4 heteroatoms. The highest BCUT2D eigenvalue weighted by Crippen LogP contribution is 2.13. The summed E-state index contributed by atoms with van der Waals surface area (Å²) < 4.78 is 0. The lowest BCUT2D eigenvalue weighted by molar-refractivity contribution is -0.138. The summed E-state index contributed by atoms with van der Waals surface area (Å²) in [6.07, 6.45) is 2.37. The predicted octanol–water partition coefficient (Wildman–Crippen LogP) is -0.488. The zero-order valence-corrected chi connectivity index (χ0v) is 8.83. The first-order valence-corrected chi connectivity index (χ1v) is 5.46. The number of piperazine rings is 1. The highest BCUT2D eigenvalue weighted by atomic mass is 16.2. The molecule has 1 atom stereocenters. The first-order chi connectivity index (χ1) is 6.77. The SMILES string of the molecule is CN1CCN(C2CCCNC2)C(=O)C1. The molecule has 0 radical (unpaired) electrons. The van der Waals surface area contributed by atoms with Gasteiger partial charge in [0, 0.05) is 25.7 Å². The van der Waals surface area contributed by atoms with Gasteiger partial charge in [0.05, 0.1) is 6.54 Å². The van der Waals surface area contributed by atoms with Gasteiger partial charge in [0.2, 0.25) is 5.91 Å². The summed E-state index contributed by atoms with van der Waals surface area (Å²) in [6.45, 7) is 4.61. The fourth-order valence-electron chi connectivity index (χ4n) is 2.29. The van der Waals surface area contributed by atoms with Gasteiger partial charge in [-0.15, -0.1) is 0 Å². The van der Waals surface area contributed by atoms with Crippen LogP contribution in [0.5, 0.6) is 0 Å². The van der Waals surface area contributed by atoms with Gasteiger partial charge in [-0.25, -0.2) is 0 Å². The summed E-state index contributed by atoms with van der Waals surface area (Å²) in [5.74, 6) is 0.299. The van der Waals surface area contributed by atoms with Crippen molar-refractivity contribution in [3.8, 4) is 0 Å². The lowest BCUT2D eigenvalue weighted by Gasteiger charge is -2.39. The number of hydrogen-bond donors (Lipinski definition) is 1. The number of rotatable bonds is 1. The maximum atomic E-state index is 11.8. The molecule has 2 aliphatic heterocycles. The fourth-order valence-corrected chi connectivity index (χ4v) is 2.29. The lowest BCUT2D eigenvalue weighted by atomic mass is 10.0. The molecule has 1 unspecified atom stereocenters. The van der Waals surface area contributed by atoms with E-state index in [9.17, 15) is 4.79 Å². The van der Waals surface area contributed by atoms with Crippen LogP contribution in [-0.4, -0.2) is 61.5 Å². The third kappa shape index (κ3) is 2.07. The number of likely N-dealkylation sites (N-methyl/N-ethyl adjacent to an activating group) is 1. The van der Waals surface area contributed by atoms with Crippen molar-refractivity contribution in [1.29, 1.82) is 0 Å². The molecule has 1 amide bonds. The van der Waals surface area contributed by atoms with Gasteiger partial charge in [0.25, 0.3) is 0 Å². The number of amides is 1. The van der Waals surface area contributed by atoms with E-state index >= 15 is 0 Å². The van der Waals surface area contributed by atoms with Gasteiger partial charge in [-0.2, -0.15) is 0 Å². The molecule has 0 aromatic heterocycles. The Bertz CT molecular complexity index is 213. The largest absolute Gasteiger partial charge is 0.336 e. The Kier molecular flexibility index (Phi) is 3.03. The second kappa shape index (κ2) is 4.28. The number of nitrogens with one attached hydrogen (secondary N) is 1. The van der Waals surface area contributed by atoms with E-state index in [1.54, 1.807) is 0 Å². The first-order valence-electron chi connectivity index (χ1n) is 5.46. The van der Waals surface area contributed by atoms with Gasteiger partial charge < -0.3 is 10.2 Å². The molecule has 14 heavy (non-hydrogen) atoms. The van der Waals surface area contributed by atoms with Gasteiger partial charge >= 0.3 is 0 Å². The summed E-state index contributed by atoms with van der Waals surface area (Å²) in [6, 6.07) is 0.449. The molecule has 1 N–H and O–H groups in total. The Hall–Kier alpha value is -0.610. The maximum Gasteiger partial charge on any atom is 0.237 e. The minimum absolute atomic E-state index is 0.299. The Labute approximate surface area is 85.2 Å². The molecule has 0 aromatic rings. The Morgan fingerprint density at radius 3 is 2.93 bits per heavy atom. The molecule has 0 bridgehead atoms. The maximum absolute atomic E-state index is 11.8. The van der Waals surface area contributed by atoms with E-state index in [0.717, 1.165) is 26.2 Å². The topological polar surface area (TPSA) is 35.6 Å². The summed E-state index contributed by atoms with van der Waals surface area (Å²) >= 11 is 0. The molecule has 0 aromatic carbocycles. The quantitative estimate of drug-likeness (QED) is 0.616. The highest BCUT2D eigenvalue weighted by molar-refractivity contribution is 5.79. The van der Waals surface area contributed by atoms with Gasteiger partial charge in [-0.1, -0.05) is 0 Å². The average molecular weight is 197 g/mol. The van der Waals surface area contributed by atoms with Crippen molar-refractivity contribution in [2.24, 2.45) is 0 Å². The van der Waals surface area contributed by atoms with E-state index in [-0.39, 0.29) is 0 Å². The van der Waals surface area contributed by atoms with Crippen LogP contribution in [0.2, 0.25) is 0 Å². The van der Waals surface area contributed by atoms with Crippen LogP contribution < -0.4 is 5.32 Å². The zero-order chi connectivity index (χ0) is 9.97. The van der Waals surface area contributed by atoms with Crippen LogP contribution in [0, 0.1) is 0 Å². The highest BCUT2D eigenvalue weighted by Gasteiger charge is 2.28.